The number of hydrogen-bond donors (Lipinski definition) is 2. The number of nitrogens with zero attached hydrogens (tertiary/aromatic N) is 4. The quantitative estimate of drug-likeness (QED) is 0.430. The minimum Gasteiger partial charge on any atom is -0.497 e. The van der Waals surface area contributed by atoms with Crippen molar-refractivity contribution >= 4 is 5.96 Å². The van der Waals surface area contributed by atoms with E-state index in [1.54, 1.807) is 7.11 Å². The first-order chi connectivity index (χ1) is 15.6. The highest BCUT2D eigenvalue weighted by Crippen LogP contribution is 2.26. The van der Waals surface area contributed by atoms with Crippen molar-refractivity contribution in [1.82, 2.24) is 25.7 Å². The van der Waals surface area contributed by atoms with E-state index < -0.39 is 0 Å². The minimum atomic E-state index is 0.251. The van der Waals surface area contributed by atoms with E-state index in [0.717, 1.165) is 37.2 Å². The Labute approximate surface area is 191 Å². The van der Waals surface area contributed by atoms with Crippen molar-refractivity contribution in [2.45, 2.75) is 58.4 Å². The average Bonchev–Trinajstić information content (AvgIpc) is 3.30. The maximum Gasteiger partial charge on any atom is 0.228 e. The number of rotatable bonds is 10. The molecule has 1 atom stereocenters. The molecule has 1 fully saturated rings. The fraction of sp³-hybridized carbons (Fsp3) is 0.625. The Morgan fingerprint density at radius 2 is 1.91 bits per heavy atom. The van der Waals surface area contributed by atoms with Crippen LogP contribution in [0.15, 0.2) is 33.8 Å². The van der Waals surface area contributed by atoms with Gasteiger partial charge in [-0.3, -0.25) is 9.89 Å². The molecule has 3 rings (SSSR count). The lowest BCUT2D eigenvalue weighted by atomic mass is 10.0. The smallest absolute Gasteiger partial charge is 0.228 e. The Bertz CT molecular complexity index is 827. The van der Waals surface area contributed by atoms with Gasteiger partial charge in [0, 0.05) is 25.4 Å². The molecule has 0 spiro atoms. The number of aromatic nitrogens is 2. The molecule has 1 saturated heterocycles. The van der Waals surface area contributed by atoms with Crippen LogP contribution in [0.25, 0.3) is 0 Å². The molecule has 1 aliphatic rings. The van der Waals surface area contributed by atoms with Crippen molar-refractivity contribution in [3.8, 4) is 5.75 Å². The first kappa shape index (κ1) is 24.0. The van der Waals surface area contributed by atoms with Gasteiger partial charge >= 0.3 is 0 Å². The van der Waals surface area contributed by atoms with Crippen molar-refractivity contribution in [1.29, 1.82) is 0 Å². The zero-order chi connectivity index (χ0) is 22.8. The number of aliphatic imine (C=N–C) groups is 1. The van der Waals surface area contributed by atoms with Crippen LogP contribution in [0, 0.1) is 0 Å². The van der Waals surface area contributed by atoms with E-state index in [0.29, 0.717) is 25.4 Å². The molecule has 176 valence electrons. The summed E-state index contributed by atoms with van der Waals surface area (Å²) in [5, 5.41) is 10.8. The molecule has 32 heavy (non-hydrogen) atoms. The normalized spacial score (nSPS) is 16.2. The molecule has 1 aromatic heterocycles. The van der Waals surface area contributed by atoms with Crippen molar-refractivity contribution in [3.05, 3.63) is 41.5 Å². The summed E-state index contributed by atoms with van der Waals surface area (Å²) in [6, 6.07) is 8.65. The molecule has 0 radical (unpaired) electrons. The zero-order valence-corrected chi connectivity index (χ0v) is 19.9. The molecule has 8 heteroatoms. The summed E-state index contributed by atoms with van der Waals surface area (Å²) in [4.78, 5) is 11.9. The second-order valence-corrected chi connectivity index (χ2v) is 8.48. The molecular formula is C24H38N6O2. The van der Waals surface area contributed by atoms with Gasteiger partial charge in [0.05, 0.1) is 19.7 Å². The van der Waals surface area contributed by atoms with Gasteiger partial charge in [-0.2, -0.15) is 4.98 Å². The number of hydrogen-bond acceptors (Lipinski definition) is 6. The van der Waals surface area contributed by atoms with Crippen molar-refractivity contribution in [2.24, 2.45) is 4.99 Å². The molecule has 2 heterocycles. The third-order valence-corrected chi connectivity index (χ3v) is 5.73. The van der Waals surface area contributed by atoms with E-state index in [1.807, 2.05) is 12.1 Å². The first-order valence-corrected chi connectivity index (χ1v) is 11.8. The summed E-state index contributed by atoms with van der Waals surface area (Å²) in [6.45, 7) is 10.6. The Hall–Kier alpha value is -2.61. The highest BCUT2D eigenvalue weighted by Gasteiger charge is 2.22. The fourth-order valence-corrected chi connectivity index (χ4v) is 3.90. The van der Waals surface area contributed by atoms with Gasteiger partial charge in [0.15, 0.2) is 11.8 Å². The predicted octanol–water partition coefficient (Wildman–Crippen LogP) is 3.53. The van der Waals surface area contributed by atoms with Gasteiger partial charge in [0.1, 0.15) is 5.75 Å². The van der Waals surface area contributed by atoms with E-state index in [-0.39, 0.29) is 12.0 Å². The van der Waals surface area contributed by atoms with Crippen LogP contribution in [0.1, 0.15) is 69.3 Å². The maximum absolute atomic E-state index is 5.34. The summed E-state index contributed by atoms with van der Waals surface area (Å²) in [5.41, 5.74) is 1.28. The summed E-state index contributed by atoms with van der Waals surface area (Å²) in [6.07, 6.45) is 4.47. The minimum absolute atomic E-state index is 0.251. The number of likely N-dealkylation sites (tertiary alicyclic amines) is 1. The average molecular weight is 443 g/mol. The Morgan fingerprint density at radius 3 is 2.53 bits per heavy atom. The number of benzene rings is 1. The molecule has 8 nitrogen and oxygen atoms in total. The standard InChI is InChI=1S/C24H38N6O2/c1-5-25-24(26-14-13-22-28-23(18(2)3)29-32-22)27-17-21(30-15-7-6-8-16-30)19-9-11-20(31-4)12-10-19/h9-12,18,21H,5-8,13-17H2,1-4H3,(H2,25,26,27). The van der Waals surface area contributed by atoms with Crippen molar-refractivity contribution in [2.75, 3.05) is 39.8 Å². The van der Waals surface area contributed by atoms with Gasteiger partial charge in [-0.25, -0.2) is 0 Å². The van der Waals surface area contributed by atoms with Crippen LogP contribution in [0.3, 0.4) is 0 Å². The lowest BCUT2D eigenvalue weighted by Gasteiger charge is -2.34. The molecule has 2 N–H and O–H groups in total. The fourth-order valence-electron chi connectivity index (χ4n) is 3.90. The monoisotopic (exact) mass is 442 g/mol. The van der Waals surface area contributed by atoms with Crippen molar-refractivity contribution in [3.63, 3.8) is 0 Å². The van der Waals surface area contributed by atoms with Gasteiger partial charge in [0.25, 0.3) is 0 Å². The molecular weight excluding hydrogens is 404 g/mol. The van der Waals surface area contributed by atoms with E-state index in [4.69, 9.17) is 14.3 Å². The highest BCUT2D eigenvalue weighted by atomic mass is 16.5. The summed E-state index contributed by atoms with van der Waals surface area (Å²) in [5.74, 6) is 3.37. The predicted molar refractivity (Wildman–Crippen MR) is 127 cm³/mol. The van der Waals surface area contributed by atoms with Crippen LogP contribution in [0.2, 0.25) is 0 Å². The maximum atomic E-state index is 5.34. The molecule has 0 bridgehead atoms. The second kappa shape index (κ2) is 12.4. The summed E-state index contributed by atoms with van der Waals surface area (Å²) < 4.78 is 10.7. The van der Waals surface area contributed by atoms with E-state index in [1.165, 1.54) is 24.8 Å². The van der Waals surface area contributed by atoms with Gasteiger partial charge in [-0.05, 0) is 50.6 Å². The molecule has 1 aliphatic heterocycles. The lowest BCUT2D eigenvalue weighted by Crippen LogP contribution is -2.40. The molecule has 1 unspecified atom stereocenters. The topological polar surface area (TPSA) is 87.8 Å². The zero-order valence-electron chi connectivity index (χ0n) is 19.9. The van der Waals surface area contributed by atoms with Crippen LogP contribution in [-0.4, -0.2) is 60.8 Å². The van der Waals surface area contributed by atoms with E-state index in [9.17, 15) is 0 Å². The van der Waals surface area contributed by atoms with E-state index >= 15 is 0 Å². The van der Waals surface area contributed by atoms with Crippen LogP contribution < -0.4 is 15.4 Å². The van der Waals surface area contributed by atoms with Crippen LogP contribution in [0.4, 0.5) is 0 Å². The SMILES string of the molecule is CCNC(=NCC(c1ccc(OC)cc1)N1CCCCC1)NCCc1nc(C(C)C)no1. The number of nitrogens with one attached hydrogen (secondary N) is 2. The number of piperidine rings is 1. The van der Waals surface area contributed by atoms with Gasteiger partial charge in [-0.1, -0.05) is 37.6 Å². The first-order valence-electron chi connectivity index (χ1n) is 11.8. The molecule has 0 saturated carbocycles. The Balaban J connectivity index is 1.64. The van der Waals surface area contributed by atoms with Gasteiger partial charge in [0.2, 0.25) is 5.89 Å². The molecule has 0 aliphatic carbocycles. The Morgan fingerprint density at radius 1 is 1.16 bits per heavy atom. The molecule has 0 amide bonds. The van der Waals surface area contributed by atoms with Crippen molar-refractivity contribution < 1.29 is 9.26 Å². The Kier molecular flexibility index (Phi) is 9.34. The second-order valence-electron chi connectivity index (χ2n) is 8.48. The van der Waals surface area contributed by atoms with Crippen LogP contribution in [0.5, 0.6) is 5.75 Å². The van der Waals surface area contributed by atoms with Gasteiger partial charge < -0.3 is 19.9 Å². The number of methoxy groups -OCH3 is 1. The third-order valence-electron chi connectivity index (χ3n) is 5.73. The summed E-state index contributed by atoms with van der Waals surface area (Å²) >= 11 is 0. The van der Waals surface area contributed by atoms with Crippen LogP contribution in [-0.2, 0) is 6.42 Å². The largest absolute Gasteiger partial charge is 0.497 e. The van der Waals surface area contributed by atoms with Gasteiger partial charge in [-0.15, -0.1) is 0 Å². The van der Waals surface area contributed by atoms with E-state index in [2.05, 4.69) is 58.6 Å². The molecule has 2 aromatic rings. The number of ether oxygens (including phenoxy) is 1. The highest BCUT2D eigenvalue weighted by molar-refractivity contribution is 5.79. The summed E-state index contributed by atoms with van der Waals surface area (Å²) in [7, 11) is 1.70. The molecule has 1 aromatic carbocycles. The number of guanidine groups is 1. The third kappa shape index (κ3) is 6.95. The van der Waals surface area contributed by atoms with Crippen LogP contribution >= 0.6 is 0 Å². The lowest BCUT2D eigenvalue weighted by molar-refractivity contribution is 0.167.